The molecule has 0 radical (unpaired) electrons. The van der Waals surface area contributed by atoms with Gasteiger partial charge < -0.3 is 14.2 Å². The summed E-state index contributed by atoms with van der Waals surface area (Å²) in [7, 11) is 0. The third kappa shape index (κ3) is 3.09. The molecule has 106 valence electrons. The normalized spacial score (nSPS) is 20.1. The Morgan fingerprint density at radius 1 is 1.25 bits per heavy atom. The average Bonchev–Trinajstić information content (AvgIpc) is 3.20. The third-order valence-corrected chi connectivity index (χ3v) is 2.51. The van der Waals surface area contributed by atoms with Gasteiger partial charge in [0.1, 0.15) is 5.75 Å². The van der Waals surface area contributed by atoms with Crippen LogP contribution in [-0.4, -0.2) is 35.7 Å². The first-order valence-electron chi connectivity index (χ1n) is 5.81. The maximum absolute atomic E-state index is 11.6. The number of nitro benzene ring substituents is 1. The number of nitrogens with zero attached hydrogens (tertiary/aromatic N) is 1. The number of hydrogen-bond donors (Lipinski definition) is 0. The van der Waals surface area contributed by atoms with E-state index in [9.17, 15) is 19.7 Å². The minimum Gasteiger partial charge on any atom is -0.464 e. The predicted molar refractivity (Wildman–Crippen MR) is 64.0 cm³/mol. The van der Waals surface area contributed by atoms with Crippen molar-refractivity contribution in [3.63, 3.8) is 0 Å². The minimum absolute atomic E-state index is 0.114. The van der Waals surface area contributed by atoms with Crippen LogP contribution < -0.4 is 4.74 Å². The van der Waals surface area contributed by atoms with Gasteiger partial charge in [0, 0.05) is 12.1 Å². The molecule has 2 atom stereocenters. The quantitative estimate of drug-likeness (QED) is 0.258. The zero-order valence-corrected chi connectivity index (χ0v) is 10.5. The lowest BCUT2D eigenvalue weighted by molar-refractivity contribution is -0.384. The molecule has 0 aliphatic carbocycles. The van der Waals surface area contributed by atoms with Crippen molar-refractivity contribution in [2.45, 2.75) is 19.1 Å². The fourth-order valence-electron chi connectivity index (χ4n) is 1.51. The lowest BCUT2D eigenvalue weighted by atomic mass is 10.3. The zero-order chi connectivity index (χ0) is 14.7. The Hall–Kier alpha value is -2.48. The van der Waals surface area contributed by atoms with E-state index in [1.165, 1.54) is 24.3 Å². The van der Waals surface area contributed by atoms with Gasteiger partial charge in [0.05, 0.1) is 11.5 Å². The van der Waals surface area contributed by atoms with Gasteiger partial charge in [0.2, 0.25) is 0 Å². The number of benzene rings is 1. The van der Waals surface area contributed by atoms with Crippen LogP contribution in [0.4, 0.5) is 5.69 Å². The van der Waals surface area contributed by atoms with Crippen molar-refractivity contribution in [3.05, 3.63) is 34.4 Å². The SMILES string of the molecule is CCOC(=O)C1OC1C(=O)Oc1ccc([N+](=O)[O-])cc1. The van der Waals surface area contributed by atoms with E-state index in [1.807, 2.05) is 0 Å². The van der Waals surface area contributed by atoms with Crippen molar-refractivity contribution in [1.82, 2.24) is 0 Å². The summed E-state index contributed by atoms with van der Waals surface area (Å²) in [6, 6.07) is 4.99. The number of rotatable bonds is 5. The van der Waals surface area contributed by atoms with Crippen LogP contribution in [0.25, 0.3) is 0 Å². The topological polar surface area (TPSA) is 108 Å². The second kappa shape index (κ2) is 5.66. The molecule has 2 rings (SSSR count). The summed E-state index contributed by atoms with van der Waals surface area (Å²) in [5.41, 5.74) is -0.114. The Morgan fingerprint density at radius 3 is 2.40 bits per heavy atom. The monoisotopic (exact) mass is 281 g/mol. The highest BCUT2D eigenvalue weighted by Crippen LogP contribution is 2.26. The molecule has 1 saturated heterocycles. The highest BCUT2D eigenvalue weighted by atomic mass is 16.7. The summed E-state index contributed by atoms with van der Waals surface area (Å²) in [5.74, 6) is -1.21. The molecule has 1 aromatic carbocycles. The minimum atomic E-state index is -0.982. The molecule has 0 bridgehead atoms. The van der Waals surface area contributed by atoms with Gasteiger partial charge in [0.15, 0.2) is 12.2 Å². The maximum Gasteiger partial charge on any atom is 0.344 e. The van der Waals surface area contributed by atoms with Crippen LogP contribution in [-0.2, 0) is 19.1 Å². The molecule has 8 nitrogen and oxygen atoms in total. The van der Waals surface area contributed by atoms with Gasteiger partial charge in [0.25, 0.3) is 5.69 Å². The second-order valence-corrected chi connectivity index (χ2v) is 3.90. The van der Waals surface area contributed by atoms with Crippen molar-refractivity contribution in [3.8, 4) is 5.75 Å². The highest BCUT2D eigenvalue weighted by Gasteiger charge is 2.53. The van der Waals surface area contributed by atoms with Gasteiger partial charge in [-0.15, -0.1) is 0 Å². The summed E-state index contributed by atoms with van der Waals surface area (Å²) in [5, 5.41) is 10.5. The van der Waals surface area contributed by atoms with Gasteiger partial charge in [-0.1, -0.05) is 0 Å². The molecule has 0 N–H and O–H groups in total. The number of carbonyl (C=O) groups excluding carboxylic acids is 2. The van der Waals surface area contributed by atoms with E-state index in [0.717, 1.165) is 0 Å². The Balaban J connectivity index is 1.90. The van der Waals surface area contributed by atoms with E-state index in [1.54, 1.807) is 6.92 Å². The molecule has 8 heteroatoms. The smallest absolute Gasteiger partial charge is 0.344 e. The number of non-ortho nitro benzene ring substituents is 1. The van der Waals surface area contributed by atoms with Gasteiger partial charge >= 0.3 is 11.9 Å². The Morgan fingerprint density at radius 2 is 1.85 bits per heavy atom. The second-order valence-electron chi connectivity index (χ2n) is 3.90. The van der Waals surface area contributed by atoms with Crippen LogP contribution in [0.3, 0.4) is 0 Å². The van der Waals surface area contributed by atoms with E-state index >= 15 is 0 Å². The molecule has 20 heavy (non-hydrogen) atoms. The number of nitro groups is 1. The molecule has 1 aliphatic rings. The molecule has 1 aromatic rings. The van der Waals surface area contributed by atoms with Crippen molar-refractivity contribution in [2.75, 3.05) is 6.61 Å². The predicted octanol–water partition coefficient (Wildman–Crippen LogP) is 0.831. The number of ether oxygens (including phenoxy) is 3. The number of hydrogen-bond acceptors (Lipinski definition) is 7. The summed E-state index contributed by atoms with van der Waals surface area (Å²) >= 11 is 0. The Bertz CT molecular complexity index is 539. The van der Waals surface area contributed by atoms with E-state index in [4.69, 9.17) is 14.2 Å². The number of epoxide rings is 1. The van der Waals surface area contributed by atoms with Crippen LogP contribution in [0.5, 0.6) is 5.75 Å². The first-order chi connectivity index (χ1) is 9.52. The first kappa shape index (κ1) is 13.9. The average molecular weight is 281 g/mol. The largest absolute Gasteiger partial charge is 0.464 e. The van der Waals surface area contributed by atoms with Crippen molar-refractivity contribution < 1.29 is 28.7 Å². The van der Waals surface area contributed by atoms with E-state index in [0.29, 0.717) is 0 Å². The fourth-order valence-corrected chi connectivity index (χ4v) is 1.51. The maximum atomic E-state index is 11.6. The summed E-state index contributed by atoms with van der Waals surface area (Å²) in [6.45, 7) is 1.84. The highest BCUT2D eigenvalue weighted by molar-refractivity contribution is 5.90. The fraction of sp³-hybridized carbons (Fsp3) is 0.333. The molecular weight excluding hydrogens is 270 g/mol. The van der Waals surface area contributed by atoms with E-state index < -0.39 is 29.1 Å². The lowest BCUT2D eigenvalue weighted by Gasteiger charge is -2.01. The van der Waals surface area contributed by atoms with Gasteiger partial charge in [-0.2, -0.15) is 0 Å². The lowest BCUT2D eigenvalue weighted by Crippen LogP contribution is -2.22. The molecule has 0 spiro atoms. The molecule has 0 aromatic heterocycles. The molecule has 1 fully saturated rings. The van der Waals surface area contributed by atoms with Crippen LogP contribution in [0.2, 0.25) is 0 Å². The standard InChI is InChI=1S/C12H11NO7/c1-2-18-11(14)9-10(20-9)12(15)19-8-5-3-7(4-6-8)13(16)17/h3-6,9-10H,2H2,1H3. The van der Waals surface area contributed by atoms with E-state index in [2.05, 4.69) is 0 Å². The van der Waals surface area contributed by atoms with Gasteiger partial charge in [-0.05, 0) is 19.1 Å². The van der Waals surface area contributed by atoms with Crippen LogP contribution >= 0.6 is 0 Å². The summed E-state index contributed by atoms with van der Waals surface area (Å²) < 4.78 is 14.5. The molecule has 0 amide bonds. The van der Waals surface area contributed by atoms with Crippen LogP contribution in [0.15, 0.2) is 24.3 Å². The zero-order valence-electron chi connectivity index (χ0n) is 10.5. The first-order valence-corrected chi connectivity index (χ1v) is 5.81. The molecule has 2 unspecified atom stereocenters. The molecule has 1 aliphatic heterocycles. The number of esters is 2. The van der Waals surface area contributed by atoms with Crippen molar-refractivity contribution in [1.29, 1.82) is 0 Å². The van der Waals surface area contributed by atoms with Crippen LogP contribution in [0, 0.1) is 10.1 Å². The Kier molecular flexibility index (Phi) is 3.94. The number of carbonyl (C=O) groups is 2. The van der Waals surface area contributed by atoms with Crippen LogP contribution in [0.1, 0.15) is 6.92 Å². The van der Waals surface area contributed by atoms with Gasteiger partial charge in [-0.3, -0.25) is 10.1 Å². The van der Waals surface area contributed by atoms with E-state index in [-0.39, 0.29) is 18.0 Å². The van der Waals surface area contributed by atoms with Crippen molar-refractivity contribution >= 4 is 17.6 Å². The molecule has 1 heterocycles. The molecule has 0 saturated carbocycles. The Labute approximate surface area is 113 Å². The molecular formula is C12H11NO7. The van der Waals surface area contributed by atoms with Crippen molar-refractivity contribution in [2.24, 2.45) is 0 Å². The third-order valence-electron chi connectivity index (χ3n) is 2.51. The summed E-state index contributed by atoms with van der Waals surface area (Å²) in [4.78, 5) is 32.8. The summed E-state index contributed by atoms with van der Waals surface area (Å²) in [6.07, 6.45) is -1.91. The van der Waals surface area contributed by atoms with Gasteiger partial charge in [-0.25, -0.2) is 9.59 Å².